The first-order valence-electron chi connectivity index (χ1n) is 5.06. The maximum absolute atomic E-state index is 12.1. The molecule has 0 aliphatic rings. The standard InChI is InChI=1S/C12H12Cl2O3/c1-6(7(2)12(16)17)11(15)9-5-8(13)3-4-10(9)14/h3-7H,1-2H3,(H,16,17). The van der Waals surface area contributed by atoms with E-state index in [-0.39, 0.29) is 16.4 Å². The minimum atomic E-state index is -1.01. The summed E-state index contributed by atoms with van der Waals surface area (Å²) in [5.41, 5.74) is 0.264. The quantitative estimate of drug-likeness (QED) is 0.855. The lowest BCUT2D eigenvalue weighted by molar-refractivity contribution is -0.142. The van der Waals surface area contributed by atoms with Crippen LogP contribution >= 0.6 is 23.2 Å². The van der Waals surface area contributed by atoms with Gasteiger partial charge in [0.2, 0.25) is 0 Å². The summed E-state index contributed by atoms with van der Waals surface area (Å²) in [5.74, 6) is -2.74. The molecule has 2 atom stereocenters. The summed E-state index contributed by atoms with van der Waals surface area (Å²) in [7, 11) is 0. The van der Waals surface area contributed by atoms with E-state index in [0.717, 1.165) is 0 Å². The Labute approximate surface area is 109 Å². The van der Waals surface area contributed by atoms with E-state index in [9.17, 15) is 9.59 Å². The van der Waals surface area contributed by atoms with Crippen molar-refractivity contribution in [3.8, 4) is 0 Å². The second kappa shape index (κ2) is 5.52. The van der Waals surface area contributed by atoms with Crippen molar-refractivity contribution in [3.63, 3.8) is 0 Å². The molecular formula is C12H12Cl2O3. The Hall–Kier alpha value is -1.06. The van der Waals surface area contributed by atoms with E-state index in [2.05, 4.69) is 0 Å². The monoisotopic (exact) mass is 274 g/mol. The molecule has 0 aliphatic heterocycles. The highest BCUT2D eigenvalue weighted by atomic mass is 35.5. The number of carbonyl (C=O) groups is 2. The van der Waals surface area contributed by atoms with Gasteiger partial charge in [-0.25, -0.2) is 0 Å². The van der Waals surface area contributed by atoms with Crippen LogP contribution in [0.1, 0.15) is 24.2 Å². The molecular weight excluding hydrogens is 263 g/mol. The van der Waals surface area contributed by atoms with Crippen molar-refractivity contribution in [3.05, 3.63) is 33.8 Å². The first-order chi connectivity index (χ1) is 7.84. The number of halogens is 2. The number of hydrogen-bond donors (Lipinski definition) is 1. The molecule has 0 saturated heterocycles. The van der Waals surface area contributed by atoms with Crippen molar-refractivity contribution >= 4 is 35.0 Å². The Morgan fingerprint density at radius 1 is 1.18 bits per heavy atom. The third-order valence-corrected chi connectivity index (χ3v) is 3.31. The lowest BCUT2D eigenvalue weighted by Crippen LogP contribution is -2.25. The Kier molecular flexibility index (Phi) is 4.54. The molecule has 0 amide bonds. The highest BCUT2D eigenvalue weighted by Crippen LogP contribution is 2.25. The van der Waals surface area contributed by atoms with Gasteiger partial charge < -0.3 is 5.11 Å². The first kappa shape index (κ1) is 14.0. The van der Waals surface area contributed by atoms with Crippen LogP contribution in [0.5, 0.6) is 0 Å². The van der Waals surface area contributed by atoms with E-state index < -0.39 is 17.8 Å². The Balaban J connectivity index is 3.04. The first-order valence-corrected chi connectivity index (χ1v) is 5.82. The molecule has 0 saturated carbocycles. The highest BCUT2D eigenvalue weighted by Gasteiger charge is 2.27. The number of aliphatic carboxylic acids is 1. The smallest absolute Gasteiger partial charge is 0.306 e. The van der Waals surface area contributed by atoms with Crippen LogP contribution in [-0.4, -0.2) is 16.9 Å². The van der Waals surface area contributed by atoms with E-state index in [4.69, 9.17) is 28.3 Å². The van der Waals surface area contributed by atoms with Crippen LogP contribution in [0.2, 0.25) is 10.0 Å². The van der Waals surface area contributed by atoms with Gasteiger partial charge in [0.15, 0.2) is 5.78 Å². The Morgan fingerprint density at radius 3 is 2.29 bits per heavy atom. The molecule has 0 aromatic heterocycles. The predicted octanol–water partition coefficient (Wildman–Crippen LogP) is 3.53. The van der Waals surface area contributed by atoms with Gasteiger partial charge in [0.1, 0.15) is 0 Å². The van der Waals surface area contributed by atoms with Crippen LogP contribution in [-0.2, 0) is 4.79 Å². The summed E-state index contributed by atoms with van der Waals surface area (Å²) in [4.78, 5) is 22.9. The molecule has 1 aromatic carbocycles. The van der Waals surface area contributed by atoms with Crippen molar-refractivity contribution in [2.24, 2.45) is 11.8 Å². The van der Waals surface area contributed by atoms with Gasteiger partial charge in [-0.3, -0.25) is 9.59 Å². The molecule has 92 valence electrons. The van der Waals surface area contributed by atoms with Crippen LogP contribution in [0, 0.1) is 11.8 Å². The topological polar surface area (TPSA) is 54.4 Å². The molecule has 3 nitrogen and oxygen atoms in total. The largest absolute Gasteiger partial charge is 0.481 e. The van der Waals surface area contributed by atoms with Crippen molar-refractivity contribution in [1.82, 2.24) is 0 Å². The van der Waals surface area contributed by atoms with Gasteiger partial charge in [-0.05, 0) is 18.2 Å². The summed E-state index contributed by atoms with van der Waals surface area (Å²) in [6.07, 6.45) is 0. The molecule has 0 fully saturated rings. The molecule has 0 bridgehead atoms. The second-order valence-corrected chi connectivity index (χ2v) is 4.75. The molecule has 0 radical (unpaired) electrons. The van der Waals surface area contributed by atoms with Crippen molar-refractivity contribution in [2.75, 3.05) is 0 Å². The molecule has 1 N–H and O–H groups in total. The Bertz CT molecular complexity index is 457. The number of Topliss-reactive ketones (excluding diaryl/α,β-unsaturated/α-hetero) is 1. The zero-order chi connectivity index (χ0) is 13.2. The van der Waals surface area contributed by atoms with Crippen molar-refractivity contribution in [2.45, 2.75) is 13.8 Å². The van der Waals surface area contributed by atoms with Crippen LogP contribution < -0.4 is 0 Å². The summed E-state index contributed by atoms with van der Waals surface area (Å²) in [6, 6.07) is 4.55. The van der Waals surface area contributed by atoms with Crippen molar-refractivity contribution < 1.29 is 14.7 Å². The van der Waals surface area contributed by atoms with E-state index in [1.54, 1.807) is 13.0 Å². The number of benzene rings is 1. The lowest BCUT2D eigenvalue weighted by atomic mass is 9.88. The fourth-order valence-electron chi connectivity index (χ4n) is 1.37. The molecule has 1 rings (SSSR count). The normalized spacial score (nSPS) is 14.1. The van der Waals surface area contributed by atoms with Crippen LogP contribution in [0.25, 0.3) is 0 Å². The third-order valence-electron chi connectivity index (χ3n) is 2.75. The van der Waals surface area contributed by atoms with E-state index >= 15 is 0 Å². The summed E-state index contributed by atoms with van der Waals surface area (Å²) >= 11 is 11.7. The highest BCUT2D eigenvalue weighted by molar-refractivity contribution is 6.36. The van der Waals surface area contributed by atoms with Gasteiger partial charge in [-0.15, -0.1) is 0 Å². The third kappa shape index (κ3) is 3.20. The van der Waals surface area contributed by atoms with Crippen LogP contribution in [0.15, 0.2) is 18.2 Å². The van der Waals surface area contributed by atoms with Gasteiger partial charge >= 0.3 is 5.97 Å². The van der Waals surface area contributed by atoms with E-state index in [1.165, 1.54) is 19.1 Å². The summed E-state index contributed by atoms with van der Waals surface area (Å²) < 4.78 is 0. The number of carboxylic acids is 1. The van der Waals surface area contributed by atoms with Gasteiger partial charge in [0, 0.05) is 16.5 Å². The van der Waals surface area contributed by atoms with Crippen LogP contribution in [0.3, 0.4) is 0 Å². The average molecular weight is 275 g/mol. The maximum atomic E-state index is 12.1. The molecule has 0 heterocycles. The van der Waals surface area contributed by atoms with E-state index in [1.807, 2.05) is 0 Å². The van der Waals surface area contributed by atoms with Gasteiger partial charge in [-0.2, -0.15) is 0 Å². The molecule has 17 heavy (non-hydrogen) atoms. The van der Waals surface area contributed by atoms with Crippen molar-refractivity contribution in [1.29, 1.82) is 0 Å². The zero-order valence-corrected chi connectivity index (χ0v) is 10.9. The number of rotatable bonds is 4. The molecule has 2 unspecified atom stereocenters. The second-order valence-electron chi connectivity index (χ2n) is 3.90. The fourth-order valence-corrected chi connectivity index (χ4v) is 1.76. The molecule has 0 aliphatic carbocycles. The van der Waals surface area contributed by atoms with Gasteiger partial charge in [0.25, 0.3) is 0 Å². The number of hydrogen-bond acceptors (Lipinski definition) is 2. The SMILES string of the molecule is CC(C(=O)O)C(C)C(=O)c1cc(Cl)ccc1Cl. The predicted molar refractivity (Wildman–Crippen MR) is 66.8 cm³/mol. The lowest BCUT2D eigenvalue weighted by Gasteiger charge is -2.15. The minimum absolute atomic E-state index is 0.264. The maximum Gasteiger partial charge on any atom is 0.306 e. The summed E-state index contributed by atoms with van der Waals surface area (Å²) in [5, 5.41) is 9.54. The summed E-state index contributed by atoms with van der Waals surface area (Å²) in [6.45, 7) is 3.06. The molecule has 5 heteroatoms. The zero-order valence-electron chi connectivity index (χ0n) is 9.41. The van der Waals surface area contributed by atoms with Crippen LogP contribution in [0.4, 0.5) is 0 Å². The van der Waals surface area contributed by atoms with Gasteiger partial charge in [-0.1, -0.05) is 37.0 Å². The van der Waals surface area contributed by atoms with Gasteiger partial charge in [0.05, 0.1) is 10.9 Å². The fraction of sp³-hybridized carbons (Fsp3) is 0.333. The average Bonchev–Trinajstić information content (AvgIpc) is 2.29. The molecule has 0 spiro atoms. The number of carboxylic acid groups (broad SMARTS) is 1. The number of carbonyl (C=O) groups excluding carboxylic acids is 1. The Morgan fingerprint density at radius 2 is 1.76 bits per heavy atom. The molecule has 1 aromatic rings. The minimum Gasteiger partial charge on any atom is -0.481 e. The number of ketones is 1. The van der Waals surface area contributed by atoms with E-state index in [0.29, 0.717) is 5.02 Å².